The van der Waals surface area contributed by atoms with E-state index in [-0.39, 0.29) is 17.5 Å². The fraction of sp³-hybridized carbons (Fsp3) is 0.316. The number of thiazole rings is 1. The topological polar surface area (TPSA) is 57.9 Å². The average molecular weight is 368 g/mol. The summed E-state index contributed by atoms with van der Waals surface area (Å²) in [7, 11) is 3.88. The number of likely N-dealkylation sites (N-methyl/N-ethyl adjacent to an activating group) is 2. The zero-order valence-electron chi connectivity index (χ0n) is 14.8. The van der Waals surface area contributed by atoms with Gasteiger partial charge < -0.3 is 4.90 Å². The highest BCUT2D eigenvalue weighted by molar-refractivity contribution is 7.15. The second kappa shape index (κ2) is 6.66. The van der Waals surface area contributed by atoms with Crippen LogP contribution in [0.25, 0.3) is 4.96 Å². The molecule has 1 amide bonds. The van der Waals surface area contributed by atoms with Gasteiger partial charge in [0, 0.05) is 43.8 Å². The van der Waals surface area contributed by atoms with E-state index in [1.54, 1.807) is 22.5 Å². The molecule has 26 heavy (non-hydrogen) atoms. The first kappa shape index (κ1) is 16.9. The Morgan fingerprint density at radius 1 is 1.35 bits per heavy atom. The average Bonchev–Trinajstić information content (AvgIpc) is 3.09. The monoisotopic (exact) mass is 368 g/mol. The molecule has 0 radical (unpaired) electrons. The zero-order chi connectivity index (χ0) is 18.3. The number of carbonyl (C=O) groups is 1. The Morgan fingerprint density at radius 3 is 2.92 bits per heavy atom. The van der Waals surface area contributed by atoms with E-state index in [0.29, 0.717) is 17.2 Å². The fourth-order valence-corrected chi connectivity index (χ4v) is 4.25. The summed E-state index contributed by atoms with van der Waals surface area (Å²) in [6.07, 6.45) is 2.69. The molecule has 0 bridgehead atoms. The lowest BCUT2D eigenvalue weighted by molar-refractivity contribution is 0.0726. The first-order valence-electron chi connectivity index (χ1n) is 8.52. The molecular formula is C19H20N4O2S. The quantitative estimate of drug-likeness (QED) is 0.708. The molecule has 134 valence electrons. The highest BCUT2D eigenvalue weighted by Gasteiger charge is 2.26. The number of carbonyl (C=O) groups excluding carboxylic acids is 1. The summed E-state index contributed by atoms with van der Waals surface area (Å²) < 4.78 is 1.69. The van der Waals surface area contributed by atoms with Crippen LogP contribution in [0, 0.1) is 0 Å². The van der Waals surface area contributed by atoms with Crippen molar-refractivity contribution in [1.29, 1.82) is 0 Å². The van der Waals surface area contributed by atoms with Crippen LogP contribution < -0.4 is 5.56 Å². The first-order valence-corrected chi connectivity index (χ1v) is 9.40. The Hall–Kier alpha value is -2.51. The largest absolute Gasteiger partial charge is 0.339 e. The summed E-state index contributed by atoms with van der Waals surface area (Å²) >= 11 is 1.35. The van der Waals surface area contributed by atoms with E-state index < -0.39 is 0 Å². The lowest BCUT2D eigenvalue weighted by Crippen LogP contribution is -2.46. The van der Waals surface area contributed by atoms with Gasteiger partial charge >= 0.3 is 0 Å². The van der Waals surface area contributed by atoms with Crippen molar-refractivity contribution >= 4 is 22.2 Å². The Labute approximate surface area is 155 Å². The van der Waals surface area contributed by atoms with Crippen LogP contribution in [-0.2, 0) is 13.0 Å². The van der Waals surface area contributed by atoms with Crippen LogP contribution in [0.3, 0.4) is 0 Å². The van der Waals surface area contributed by atoms with Crippen molar-refractivity contribution in [3.8, 4) is 0 Å². The third kappa shape index (κ3) is 3.04. The van der Waals surface area contributed by atoms with Crippen LogP contribution in [-0.4, -0.2) is 51.8 Å². The number of aromatic nitrogens is 2. The number of amides is 1. The maximum absolute atomic E-state index is 13.0. The molecular weight excluding hydrogens is 348 g/mol. The number of fused-ring (bicyclic) bond motifs is 2. The van der Waals surface area contributed by atoms with Crippen LogP contribution in [0.4, 0.5) is 0 Å². The highest BCUT2D eigenvalue weighted by atomic mass is 32.1. The van der Waals surface area contributed by atoms with E-state index in [1.807, 2.05) is 5.38 Å². The molecule has 0 N–H and O–H groups in total. The van der Waals surface area contributed by atoms with Gasteiger partial charge in [0.25, 0.3) is 11.5 Å². The van der Waals surface area contributed by atoms with Crippen molar-refractivity contribution in [2.45, 2.75) is 19.0 Å². The van der Waals surface area contributed by atoms with Crippen molar-refractivity contribution in [2.24, 2.45) is 0 Å². The maximum atomic E-state index is 13.0. The first-order chi connectivity index (χ1) is 12.5. The van der Waals surface area contributed by atoms with Gasteiger partial charge in [-0.25, -0.2) is 0 Å². The number of nitrogens with zero attached hydrogens (tertiary/aromatic N) is 4. The van der Waals surface area contributed by atoms with Gasteiger partial charge in [0.15, 0.2) is 4.96 Å². The van der Waals surface area contributed by atoms with E-state index in [9.17, 15) is 9.59 Å². The van der Waals surface area contributed by atoms with Crippen molar-refractivity contribution in [2.75, 3.05) is 20.6 Å². The van der Waals surface area contributed by atoms with Gasteiger partial charge in [0.1, 0.15) is 5.69 Å². The summed E-state index contributed by atoms with van der Waals surface area (Å²) in [5.41, 5.74) is 2.67. The SMILES string of the molecule is CN(C[C@@H]1Cc2ccccc2CN1C)C(=O)c1cc(=O)nc2sccn12. The molecule has 4 rings (SSSR count). The summed E-state index contributed by atoms with van der Waals surface area (Å²) in [5, 5.41) is 1.82. The van der Waals surface area contributed by atoms with Crippen molar-refractivity contribution in [1.82, 2.24) is 19.2 Å². The van der Waals surface area contributed by atoms with Crippen LogP contribution in [0.5, 0.6) is 0 Å². The smallest absolute Gasteiger partial charge is 0.274 e. The predicted molar refractivity (Wildman–Crippen MR) is 102 cm³/mol. The molecule has 7 heteroatoms. The van der Waals surface area contributed by atoms with Gasteiger partial charge in [-0.15, -0.1) is 11.3 Å². The van der Waals surface area contributed by atoms with Gasteiger partial charge in [-0.1, -0.05) is 24.3 Å². The minimum atomic E-state index is -0.382. The molecule has 1 atom stereocenters. The normalized spacial score (nSPS) is 17.2. The second-order valence-electron chi connectivity index (χ2n) is 6.76. The van der Waals surface area contributed by atoms with Gasteiger partial charge in [-0.2, -0.15) is 4.98 Å². The van der Waals surface area contributed by atoms with Crippen LogP contribution >= 0.6 is 11.3 Å². The minimum Gasteiger partial charge on any atom is -0.339 e. The van der Waals surface area contributed by atoms with Crippen molar-refractivity contribution in [3.63, 3.8) is 0 Å². The predicted octanol–water partition coefficient (Wildman–Crippen LogP) is 1.88. The number of hydrogen-bond donors (Lipinski definition) is 0. The molecule has 1 aliphatic rings. The van der Waals surface area contributed by atoms with Crippen molar-refractivity contribution in [3.05, 3.63) is 69.1 Å². The molecule has 0 fully saturated rings. The lowest BCUT2D eigenvalue weighted by atomic mass is 9.94. The lowest BCUT2D eigenvalue weighted by Gasteiger charge is -2.36. The molecule has 1 aliphatic heterocycles. The third-order valence-electron chi connectivity index (χ3n) is 4.98. The van der Waals surface area contributed by atoms with E-state index in [4.69, 9.17) is 0 Å². The molecule has 6 nitrogen and oxygen atoms in total. The molecule has 3 aromatic rings. The van der Waals surface area contributed by atoms with Crippen molar-refractivity contribution < 1.29 is 4.79 Å². The van der Waals surface area contributed by atoms with E-state index in [2.05, 4.69) is 41.2 Å². The molecule has 0 unspecified atom stereocenters. The summed E-state index contributed by atoms with van der Waals surface area (Å²) in [5.74, 6) is -0.162. The minimum absolute atomic E-state index is 0.162. The van der Waals surface area contributed by atoms with Crippen LogP contribution in [0.15, 0.2) is 46.7 Å². The molecule has 0 spiro atoms. The highest BCUT2D eigenvalue weighted by Crippen LogP contribution is 2.22. The fourth-order valence-electron chi connectivity index (χ4n) is 3.53. The van der Waals surface area contributed by atoms with Gasteiger partial charge in [-0.3, -0.25) is 18.9 Å². The number of rotatable bonds is 3. The summed E-state index contributed by atoms with van der Waals surface area (Å²) in [6.45, 7) is 1.48. The van der Waals surface area contributed by atoms with Gasteiger partial charge in [-0.05, 0) is 24.6 Å². The Kier molecular flexibility index (Phi) is 4.34. The molecule has 2 aromatic heterocycles. The van der Waals surface area contributed by atoms with E-state index in [1.165, 1.54) is 28.5 Å². The molecule has 0 saturated heterocycles. The summed E-state index contributed by atoms with van der Waals surface area (Å²) in [4.78, 5) is 33.2. The Bertz CT molecular complexity index is 1030. The van der Waals surface area contributed by atoms with E-state index in [0.717, 1.165) is 13.0 Å². The summed E-state index contributed by atoms with van der Waals surface area (Å²) in [6, 6.07) is 10.0. The maximum Gasteiger partial charge on any atom is 0.274 e. The van der Waals surface area contributed by atoms with Crippen LogP contribution in [0.2, 0.25) is 0 Å². The second-order valence-corrected chi connectivity index (χ2v) is 7.64. The number of benzene rings is 1. The third-order valence-corrected chi connectivity index (χ3v) is 5.74. The number of hydrogen-bond acceptors (Lipinski definition) is 5. The van der Waals surface area contributed by atoms with E-state index >= 15 is 0 Å². The molecule has 0 saturated carbocycles. The zero-order valence-corrected chi connectivity index (χ0v) is 15.6. The van der Waals surface area contributed by atoms with Crippen LogP contribution in [0.1, 0.15) is 21.6 Å². The Morgan fingerprint density at radius 2 is 2.12 bits per heavy atom. The van der Waals surface area contributed by atoms with Gasteiger partial charge in [0.2, 0.25) is 0 Å². The molecule has 3 heterocycles. The standard InChI is InChI=1S/C19H20N4O2S/c1-21-11-14-6-4-3-5-13(14)9-15(21)12-22(2)18(25)16-10-17(24)20-19-23(16)7-8-26-19/h3-8,10,15H,9,11-12H2,1-2H3/t15-/m0/s1. The van der Waals surface area contributed by atoms with Gasteiger partial charge in [0.05, 0.1) is 0 Å². The molecule has 0 aliphatic carbocycles. The Balaban J connectivity index is 1.56. The molecule has 1 aromatic carbocycles.